The molecular formula is C22H27OS+. The van der Waals surface area contributed by atoms with Crippen LogP contribution < -0.4 is 4.74 Å². The third-order valence-corrected chi connectivity index (χ3v) is 4.29. The van der Waals surface area contributed by atoms with Crippen molar-refractivity contribution in [2.75, 3.05) is 0 Å². The summed E-state index contributed by atoms with van der Waals surface area (Å²) in [5.41, 5.74) is 4.42. The minimum Gasteiger partial charge on any atom is -0.457 e. The van der Waals surface area contributed by atoms with Gasteiger partial charge in [0.2, 0.25) is 4.91 Å². The zero-order valence-corrected chi connectivity index (χ0v) is 16.1. The van der Waals surface area contributed by atoms with E-state index in [4.69, 9.17) is 4.74 Å². The number of hydrogen-bond acceptors (Lipinski definition) is 1. The van der Waals surface area contributed by atoms with E-state index in [0.29, 0.717) is 0 Å². The molecule has 0 fully saturated rings. The van der Waals surface area contributed by atoms with Gasteiger partial charge in [-0.25, -0.2) is 0 Å². The molecule has 0 unspecified atom stereocenters. The largest absolute Gasteiger partial charge is 0.457 e. The van der Waals surface area contributed by atoms with Crippen molar-refractivity contribution >= 4 is 11.8 Å². The molecular weight excluding hydrogens is 312 g/mol. The summed E-state index contributed by atoms with van der Waals surface area (Å²) >= 11 is 1.12. The van der Waals surface area contributed by atoms with Crippen LogP contribution >= 0.6 is 0 Å². The SMILES string of the molecule is CC.CC=C=C/C([SH+]c1ccc(C)cc1)=C(\C)Oc1ccccc1. The van der Waals surface area contributed by atoms with Crippen LogP contribution in [-0.2, 0) is 11.8 Å². The molecule has 0 aliphatic heterocycles. The van der Waals surface area contributed by atoms with Gasteiger partial charge in [0.25, 0.3) is 0 Å². The van der Waals surface area contributed by atoms with E-state index < -0.39 is 0 Å². The molecule has 0 aromatic heterocycles. The van der Waals surface area contributed by atoms with Crippen molar-refractivity contribution in [1.29, 1.82) is 0 Å². The van der Waals surface area contributed by atoms with Crippen LogP contribution in [0.25, 0.3) is 0 Å². The third kappa shape index (κ3) is 6.95. The van der Waals surface area contributed by atoms with Gasteiger partial charge in [-0.3, -0.25) is 0 Å². The Bertz CT molecular complexity index is 691. The quantitative estimate of drug-likeness (QED) is 0.206. The van der Waals surface area contributed by atoms with Gasteiger partial charge < -0.3 is 4.74 Å². The Morgan fingerprint density at radius 1 is 1.00 bits per heavy atom. The lowest BCUT2D eigenvalue weighted by molar-refractivity contribution is 0.426. The van der Waals surface area contributed by atoms with Crippen LogP contribution in [0.15, 0.2) is 88.0 Å². The van der Waals surface area contributed by atoms with Gasteiger partial charge in [0.15, 0.2) is 10.7 Å². The second kappa shape index (κ2) is 11.4. The summed E-state index contributed by atoms with van der Waals surface area (Å²) < 4.78 is 5.96. The smallest absolute Gasteiger partial charge is 0.203 e. The van der Waals surface area contributed by atoms with Crippen LogP contribution in [0.1, 0.15) is 33.3 Å². The first-order valence-corrected chi connectivity index (χ1v) is 9.18. The van der Waals surface area contributed by atoms with Gasteiger partial charge in [0.05, 0.1) is 11.8 Å². The van der Waals surface area contributed by atoms with Gasteiger partial charge in [-0.1, -0.05) is 49.7 Å². The minimum absolute atomic E-state index is 0.852. The summed E-state index contributed by atoms with van der Waals surface area (Å²) in [6.07, 6.45) is 3.89. The lowest BCUT2D eigenvalue weighted by Crippen LogP contribution is -1.98. The molecule has 2 rings (SSSR count). The predicted molar refractivity (Wildman–Crippen MR) is 108 cm³/mol. The maximum Gasteiger partial charge on any atom is 0.203 e. The number of thiol groups is 1. The highest BCUT2D eigenvalue weighted by atomic mass is 32.2. The molecule has 0 heterocycles. The van der Waals surface area contributed by atoms with E-state index in [1.54, 1.807) is 0 Å². The monoisotopic (exact) mass is 339 g/mol. The Kier molecular flexibility index (Phi) is 9.45. The lowest BCUT2D eigenvalue weighted by Gasteiger charge is -2.05. The molecule has 1 nitrogen and oxygen atoms in total. The number of rotatable bonds is 5. The molecule has 126 valence electrons. The summed E-state index contributed by atoms with van der Waals surface area (Å²) in [5, 5.41) is 0. The van der Waals surface area contributed by atoms with Crippen molar-refractivity contribution in [1.82, 2.24) is 0 Å². The predicted octanol–water partition coefficient (Wildman–Crippen LogP) is 6.24. The topological polar surface area (TPSA) is 9.23 Å². The summed E-state index contributed by atoms with van der Waals surface area (Å²) in [5.74, 6) is 1.74. The first-order chi connectivity index (χ1) is 11.7. The van der Waals surface area contributed by atoms with Crippen molar-refractivity contribution in [2.45, 2.75) is 39.5 Å². The molecule has 24 heavy (non-hydrogen) atoms. The van der Waals surface area contributed by atoms with Crippen molar-refractivity contribution in [3.8, 4) is 5.75 Å². The van der Waals surface area contributed by atoms with Gasteiger partial charge in [-0.15, -0.1) is 5.73 Å². The second-order valence-electron chi connectivity index (χ2n) is 4.90. The lowest BCUT2D eigenvalue weighted by atomic mass is 10.2. The Morgan fingerprint density at radius 2 is 1.62 bits per heavy atom. The number of ether oxygens (including phenoxy) is 1. The molecule has 0 saturated carbocycles. The Balaban J connectivity index is 0.00000139. The number of para-hydroxylation sites is 1. The minimum atomic E-state index is 0.852. The van der Waals surface area contributed by atoms with Gasteiger partial charge in [-0.2, -0.15) is 0 Å². The van der Waals surface area contributed by atoms with Gasteiger partial charge in [0, 0.05) is 6.08 Å². The molecule has 0 radical (unpaired) electrons. The molecule has 2 heteroatoms. The van der Waals surface area contributed by atoms with Crippen LogP contribution in [0, 0.1) is 6.92 Å². The maximum atomic E-state index is 5.96. The molecule has 2 aromatic rings. The number of hydrogen-bond donors (Lipinski definition) is 0. The molecule has 0 N–H and O–H groups in total. The normalized spacial score (nSPS) is 10.5. The zero-order chi connectivity index (χ0) is 17.8. The van der Waals surface area contributed by atoms with E-state index in [0.717, 1.165) is 28.2 Å². The van der Waals surface area contributed by atoms with E-state index in [2.05, 4.69) is 36.9 Å². The fourth-order valence-electron chi connectivity index (χ4n) is 1.85. The summed E-state index contributed by atoms with van der Waals surface area (Å²) in [4.78, 5) is 2.34. The molecule has 0 aliphatic rings. The van der Waals surface area contributed by atoms with Crippen molar-refractivity contribution < 1.29 is 4.74 Å². The van der Waals surface area contributed by atoms with Crippen LogP contribution in [0.2, 0.25) is 0 Å². The number of allylic oxidation sites excluding steroid dienone is 2. The summed E-state index contributed by atoms with van der Waals surface area (Å²) in [7, 11) is 0. The second-order valence-corrected chi connectivity index (χ2v) is 6.13. The average molecular weight is 340 g/mol. The molecule has 0 aliphatic carbocycles. The Morgan fingerprint density at radius 3 is 2.21 bits per heavy atom. The van der Waals surface area contributed by atoms with Crippen LogP contribution in [0.3, 0.4) is 0 Å². The fraction of sp³-hybridized carbons (Fsp3) is 0.227. The number of aryl methyl sites for hydroxylation is 1. The van der Waals surface area contributed by atoms with Gasteiger partial charge >= 0.3 is 0 Å². The van der Waals surface area contributed by atoms with Crippen LogP contribution in [0.5, 0.6) is 5.75 Å². The summed E-state index contributed by atoms with van der Waals surface area (Å²) in [6, 6.07) is 18.4. The third-order valence-electron chi connectivity index (χ3n) is 3.05. The highest BCUT2D eigenvalue weighted by Crippen LogP contribution is 2.19. The molecule has 0 amide bonds. The van der Waals surface area contributed by atoms with Crippen molar-refractivity contribution in [2.24, 2.45) is 0 Å². The fourth-order valence-corrected chi connectivity index (χ4v) is 2.77. The average Bonchev–Trinajstić information content (AvgIpc) is 2.62. The standard InChI is InChI=1S/C20H20OS.C2H6/c1-4-5-11-20(22-19-14-12-16(2)13-15-19)17(3)21-18-9-7-6-8-10-18;1-2/h4,6-15H,1-3H3;1-2H3/p+1/b20-17-;. The molecule has 2 aromatic carbocycles. The highest BCUT2D eigenvalue weighted by molar-refractivity contribution is 7.83. The van der Waals surface area contributed by atoms with Gasteiger partial charge in [0.1, 0.15) is 5.75 Å². The van der Waals surface area contributed by atoms with Gasteiger partial charge in [-0.05, 0) is 51.1 Å². The van der Waals surface area contributed by atoms with E-state index in [1.165, 1.54) is 10.5 Å². The summed E-state index contributed by atoms with van der Waals surface area (Å²) in [6.45, 7) is 10.1. The zero-order valence-electron chi connectivity index (χ0n) is 15.2. The van der Waals surface area contributed by atoms with Crippen molar-refractivity contribution in [3.05, 3.63) is 88.7 Å². The number of benzene rings is 2. The van der Waals surface area contributed by atoms with Crippen LogP contribution in [0.4, 0.5) is 0 Å². The molecule has 0 saturated heterocycles. The molecule has 0 bridgehead atoms. The van der Waals surface area contributed by atoms with E-state index >= 15 is 0 Å². The maximum absolute atomic E-state index is 5.96. The Hall–Kier alpha value is -2.15. The molecule has 0 spiro atoms. The first kappa shape index (κ1) is 19.9. The highest BCUT2D eigenvalue weighted by Gasteiger charge is 2.13. The van der Waals surface area contributed by atoms with Crippen molar-refractivity contribution in [3.63, 3.8) is 0 Å². The Labute approximate surface area is 150 Å². The molecule has 0 atom stereocenters. The van der Waals surface area contributed by atoms with E-state index in [-0.39, 0.29) is 0 Å². The van der Waals surface area contributed by atoms with E-state index in [1.807, 2.05) is 70.2 Å². The van der Waals surface area contributed by atoms with Crippen LogP contribution in [-0.4, -0.2) is 0 Å². The first-order valence-electron chi connectivity index (χ1n) is 8.28. The van der Waals surface area contributed by atoms with E-state index in [9.17, 15) is 0 Å².